The molecule has 0 spiro atoms. The van der Waals surface area contributed by atoms with E-state index in [2.05, 4.69) is 77.6 Å². The van der Waals surface area contributed by atoms with Crippen LogP contribution in [0.4, 0.5) is 0 Å². The summed E-state index contributed by atoms with van der Waals surface area (Å²) in [5.41, 5.74) is 7.40. The van der Waals surface area contributed by atoms with Gasteiger partial charge in [0, 0.05) is 5.92 Å². The van der Waals surface area contributed by atoms with Gasteiger partial charge in [0.05, 0.1) is 0 Å². The van der Waals surface area contributed by atoms with Crippen molar-refractivity contribution in [1.82, 2.24) is 0 Å². The fourth-order valence-electron chi connectivity index (χ4n) is 3.32. The van der Waals surface area contributed by atoms with Crippen molar-refractivity contribution in [3.05, 3.63) is 65.3 Å². The predicted molar refractivity (Wildman–Crippen MR) is 94.1 cm³/mol. The Hall–Kier alpha value is -1.56. The molecular formula is C21H28. The van der Waals surface area contributed by atoms with Gasteiger partial charge in [-0.05, 0) is 43.2 Å². The molecule has 1 aliphatic carbocycles. The maximum absolute atomic E-state index is 4.32. The maximum Gasteiger partial charge on any atom is 0.00510 e. The van der Waals surface area contributed by atoms with Gasteiger partial charge in [-0.3, -0.25) is 0 Å². The molecule has 1 atom stereocenters. The van der Waals surface area contributed by atoms with Gasteiger partial charge >= 0.3 is 0 Å². The summed E-state index contributed by atoms with van der Waals surface area (Å²) in [6, 6.07) is 10.7. The highest BCUT2D eigenvalue weighted by Gasteiger charge is 2.24. The molecule has 21 heavy (non-hydrogen) atoms. The molecule has 0 saturated carbocycles. The van der Waals surface area contributed by atoms with E-state index < -0.39 is 0 Å². The van der Waals surface area contributed by atoms with Crippen LogP contribution >= 0.6 is 0 Å². The monoisotopic (exact) mass is 280 g/mol. The van der Waals surface area contributed by atoms with E-state index in [-0.39, 0.29) is 0 Å². The molecule has 0 aliphatic heterocycles. The Bertz CT molecular complexity index is 576. The van der Waals surface area contributed by atoms with Crippen LogP contribution in [-0.2, 0) is 0 Å². The molecule has 112 valence electrons. The van der Waals surface area contributed by atoms with Crippen LogP contribution < -0.4 is 0 Å². The van der Waals surface area contributed by atoms with Crippen molar-refractivity contribution < 1.29 is 0 Å². The number of hydrogen-bond acceptors (Lipinski definition) is 0. The topological polar surface area (TPSA) is 0 Å². The fourth-order valence-corrected chi connectivity index (χ4v) is 3.32. The van der Waals surface area contributed by atoms with E-state index in [0.717, 1.165) is 12.8 Å². The van der Waals surface area contributed by atoms with Gasteiger partial charge in [0.15, 0.2) is 0 Å². The molecule has 1 aromatic carbocycles. The highest BCUT2D eigenvalue weighted by atomic mass is 14.3. The van der Waals surface area contributed by atoms with E-state index in [1.807, 2.05) is 0 Å². The Morgan fingerprint density at radius 2 is 1.71 bits per heavy atom. The van der Waals surface area contributed by atoms with E-state index >= 15 is 0 Å². The normalized spacial score (nSPS) is 18.9. The molecule has 0 N–H and O–H groups in total. The molecule has 1 aliphatic rings. The molecule has 0 aromatic heterocycles. The van der Waals surface area contributed by atoms with Gasteiger partial charge in [-0.2, -0.15) is 0 Å². The van der Waals surface area contributed by atoms with Crippen LogP contribution in [0.25, 0.3) is 5.57 Å². The highest BCUT2D eigenvalue weighted by Crippen LogP contribution is 2.41. The fraction of sp³-hybridized carbons (Fsp3) is 0.429. The lowest BCUT2D eigenvalue weighted by molar-refractivity contribution is 0.401. The molecule has 0 bridgehead atoms. The zero-order chi connectivity index (χ0) is 15.6. The van der Waals surface area contributed by atoms with Crippen LogP contribution in [0, 0.1) is 11.3 Å². The highest BCUT2D eigenvalue weighted by molar-refractivity contribution is 5.81. The van der Waals surface area contributed by atoms with Gasteiger partial charge in [-0.25, -0.2) is 0 Å². The zero-order valence-electron chi connectivity index (χ0n) is 14.2. The van der Waals surface area contributed by atoms with Crippen LogP contribution in [0.1, 0.15) is 53.0 Å². The summed E-state index contributed by atoms with van der Waals surface area (Å²) in [7, 11) is 0. The lowest BCUT2D eigenvalue weighted by Gasteiger charge is -2.23. The second-order valence-electron chi connectivity index (χ2n) is 7.60. The van der Waals surface area contributed by atoms with Crippen LogP contribution in [0.5, 0.6) is 0 Å². The minimum absolute atomic E-state index is 0.327. The summed E-state index contributed by atoms with van der Waals surface area (Å²) >= 11 is 0. The van der Waals surface area contributed by atoms with Crippen molar-refractivity contribution in [2.75, 3.05) is 0 Å². The first-order valence-corrected chi connectivity index (χ1v) is 7.89. The molecule has 0 fully saturated rings. The first-order chi connectivity index (χ1) is 9.78. The smallest absolute Gasteiger partial charge is 0.00510 e. The first-order valence-electron chi connectivity index (χ1n) is 7.89. The molecule has 1 aromatic rings. The number of rotatable bonds is 4. The second-order valence-corrected chi connectivity index (χ2v) is 7.60. The largest absolute Gasteiger partial charge is 0.0998 e. The van der Waals surface area contributed by atoms with Crippen molar-refractivity contribution in [1.29, 1.82) is 0 Å². The quantitative estimate of drug-likeness (QED) is 0.558. The third-order valence-corrected chi connectivity index (χ3v) is 4.23. The van der Waals surface area contributed by atoms with Crippen LogP contribution in [0.2, 0.25) is 0 Å². The van der Waals surface area contributed by atoms with Crippen LogP contribution in [0.3, 0.4) is 0 Å². The van der Waals surface area contributed by atoms with Gasteiger partial charge in [0.25, 0.3) is 0 Å². The van der Waals surface area contributed by atoms with E-state index in [9.17, 15) is 0 Å². The van der Waals surface area contributed by atoms with Crippen molar-refractivity contribution in [2.24, 2.45) is 11.3 Å². The van der Waals surface area contributed by atoms with Crippen molar-refractivity contribution >= 4 is 5.57 Å². The number of allylic oxidation sites excluding steroid dienone is 5. The Labute approximate surface area is 130 Å². The summed E-state index contributed by atoms with van der Waals surface area (Å²) in [5, 5.41) is 0. The Balaban J connectivity index is 2.17. The van der Waals surface area contributed by atoms with Gasteiger partial charge < -0.3 is 0 Å². The maximum atomic E-state index is 4.32. The third-order valence-electron chi connectivity index (χ3n) is 4.23. The standard InChI is InChI=1S/C21H28/c1-15(14-21(4,5)6)12-19-16(2)13-20(17(19)3)18-10-8-7-9-11-18/h7-11,13,19H,1,12,14H2,2-6H3. The molecular weight excluding hydrogens is 252 g/mol. The lowest BCUT2D eigenvalue weighted by Crippen LogP contribution is -2.09. The molecule has 0 amide bonds. The van der Waals surface area contributed by atoms with Gasteiger partial charge in [-0.1, -0.05) is 80.5 Å². The molecule has 0 saturated heterocycles. The Morgan fingerprint density at radius 3 is 2.29 bits per heavy atom. The minimum atomic E-state index is 0.327. The number of benzene rings is 1. The molecule has 2 rings (SSSR count). The van der Waals surface area contributed by atoms with E-state index in [1.54, 1.807) is 0 Å². The van der Waals surface area contributed by atoms with Crippen molar-refractivity contribution in [3.8, 4) is 0 Å². The summed E-state index contributed by atoms with van der Waals surface area (Å²) in [4.78, 5) is 0. The van der Waals surface area contributed by atoms with Crippen LogP contribution in [0.15, 0.2) is 59.7 Å². The predicted octanol–water partition coefficient (Wildman–Crippen LogP) is 6.42. The molecule has 0 heteroatoms. The molecule has 0 nitrogen and oxygen atoms in total. The average Bonchev–Trinajstić information content (AvgIpc) is 2.66. The third kappa shape index (κ3) is 3.97. The summed E-state index contributed by atoms with van der Waals surface area (Å²) in [6.45, 7) is 15.7. The number of hydrogen-bond donors (Lipinski definition) is 0. The van der Waals surface area contributed by atoms with Gasteiger partial charge in [0.1, 0.15) is 0 Å². The molecule has 0 radical (unpaired) electrons. The SMILES string of the molecule is C=C(CC1C(C)=CC(c2ccccc2)=C1C)CC(C)(C)C. The summed E-state index contributed by atoms with van der Waals surface area (Å²) in [6.07, 6.45) is 4.55. The van der Waals surface area contributed by atoms with Crippen LogP contribution in [-0.4, -0.2) is 0 Å². The Morgan fingerprint density at radius 1 is 1.10 bits per heavy atom. The molecule has 0 heterocycles. The average molecular weight is 280 g/mol. The van der Waals surface area contributed by atoms with Gasteiger partial charge in [-0.15, -0.1) is 0 Å². The van der Waals surface area contributed by atoms with Gasteiger partial charge in [0.2, 0.25) is 0 Å². The Kier molecular flexibility index (Phi) is 4.56. The van der Waals surface area contributed by atoms with E-state index in [4.69, 9.17) is 0 Å². The van der Waals surface area contributed by atoms with E-state index in [1.165, 1.54) is 27.9 Å². The zero-order valence-corrected chi connectivity index (χ0v) is 14.2. The summed E-state index contributed by atoms with van der Waals surface area (Å²) in [5.74, 6) is 0.537. The van der Waals surface area contributed by atoms with Crippen molar-refractivity contribution in [2.45, 2.75) is 47.5 Å². The lowest BCUT2D eigenvalue weighted by atomic mass is 9.82. The molecule has 1 unspecified atom stereocenters. The minimum Gasteiger partial charge on any atom is -0.0998 e. The summed E-state index contributed by atoms with van der Waals surface area (Å²) < 4.78 is 0. The van der Waals surface area contributed by atoms with E-state index in [0.29, 0.717) is 11.3 Å². The first kappa shape index (κ1) is 15.8. The second kappa shape index (κ2) is 6.05. The van der Waals surface area contributed by atoms with Crippen molar-refractivity contribution in [3.63, 3.8) is 0 Å².